The molecule has 164 valence electrons. The molecule has 1 aromatic heterocycles. The van der Waals surface area contributed by atoms with Crippen molar-refractivity contribution in [3.63, 3.8) is 0 Å². The smallest absolute Gasteiger partial charge is 0.335 e. The van der Waals surface area contributed by atoms with E-state index in [1.807, 2.05) is 0 Å². The summed E-state index contributed by atoms with van der Waals surface area (Å²) in [5, 5.41) is 12.7. The molecule has 1 saturated heterocycles. The first-order chi connectivity index (χ1) is 15.8. The molecular weight excluding hydrogens is 435 g/mol. The van der Waals surface area contributed by atoms with Gasteiger partial charge in [0, 0.05) is 12.1 Å². The Labute approximate surface area is 185 Å². The van der Waals surface area contributed by atoms with E-state index in [2.05, 4.69) is 10.3 Å². The van der Waals surface area contributed by atoms with Gasteiger partial charge in [-0.2, -0.15) is 0 Å². The zero-order valence-electron chi connectivity index (χ0n) is 16.6. The number of benzene rings is 2. The number of imide groups is 2. The SMILES string of the molecule is O=C1NC(=O)N(c2cccc(F)c2)C(=O)C1=Cc1ccc(Oc2ccc([N+](=O)[O-])cn2)cc1. The molecule has 2 heterocycles. The molecule has 0 unspecified atom stereocenters. The number of ether oxygens (including phenoxy) is 1. The maximum Gasteiger partial charge on any atom is 0.335 e. The van der Waals surface area contributed by atoms with Crippen LogP contribution in [0.3, 0.4) is 0 Å². The fourth-order valence-corrected chi connectivity index (χ4v) is 2.97. The van der Waals surface area contributed by atoms with Crippen molar-refractivity contribution in [2.24, 2.45) is 0 Å². The number of nitro groups is 1. The maximum atomic E-state index is 13.5. The van der Waals surface area contributed by atoms with Crippen molar-refractivity contribution in [1.29, 1.82) is 0 Å². The average Bonchev–Trinajstić information content (AvgIpc) is 2.78. The van der Waals surface area contributed by atoms with Gasteiger partial charge in [-0.3, -0.25) is 25.0 Å². The predicted octanol–water partition coefficient (Wildman–Crippen LogP) is 3.59. The number of pyridine rings is 1. The number of carbonyl (C=O) groups excluding carboxylic acids is 3. The van der Waals surface area contributed by atoms with Gasteiger partial charge in [-0.25, -0.2) is 19.1 Å². The molecule has 0 radical (unpaired) electrons. The van der Waals surface area contributed by atoms with Gasteiger partial charge in [-0.15, -0.1) is 0 Å². The molecule has 11 heteroatoms. The molecule has 0 bridgehead atoms. The van der Waals surface area contributed by atoms with Crippen LogP contribution in [0.15, 0.2) is 72.4 Å². The molecule has 3 aromatic rings. The molecule has 33 heavy (non-hydrogen) atoms. The molecule has 0 spiro atoms. The minimum absolute atomic E-state index is 0.0183. The number of amides is 4. The number of carbonyl (C=O) groups is 3. The van der Waals surface area contributed by atoms with Crippen LogP contribution in [0, 0.1) is 15.9 Å². The number of rotatable bonds is 5. The van der Waals surface area contributed by atoms with Crippen molar-refractivity contribution >= 4 is 35.3 Å². The predicted molar refractivity (Wildman–Crippen MR) is 113 cm³/mol. The normalized spacial score (nSPS) is 14.9. The summed E-state index contributed by atoms with van der Waals surface area (Å²) >= 11 is 0. The standard InChI is InChI=1S/C22H13FN4O6/c23-14-2-1-3-15(11-14)26-21(29)18(20(28)25-22(26)30)10-13-4-7-17(8-5-13)33-19-9-6-16(12-24-19)27(31)32/h1-12H,(H,25,28,30). The Balaban J connectivity index is 1.54. The molecule has 1 fully saturated rings. The van der Waals surface area contributed by atoms with Gasteiger partial charge in [0.1, 0.15) is 23.3 Å². The number of nitrogens with zero attached hydrogens (tertiary/aromatic N) is 3. The topological polar surface area (TPSA) is 132 Å². The summed E-state index contributed by atoms with van der Waals surface area (Å²) in [7, 11) is 0. The lowest BCUT2D eigenvalue weighted by atomic mass is 10.1. The summed E-state index contributed by atoms with van der Waals surface area (Å²) in [6.45, 7) is 0. The summed E-state index contributed by atoms with van der Waals surface area (Å²) in [5.74, 6) is -1.93. The lowest BCUT2D eigenvalue weighted by Gasteiger charge is -2.26. The number of hydrogen-bond donors (Lipinski definition) is 1. The molecule has 1 aliphatic rings. The summed E-state index contributed by atoms with van der Waals surface area (Å²) in [4.78, 5) is 51.8. The molecule has 0 saturated carbocycles. The van der Waals surface area contributed by atoms with Crippen LogP contribution >= 0.6 is 0 Å². The van der Waals surface area contributed by atoms with Gasteiger partial charge in [-0.05, 0) is 42.0 Å². The van der Waals surface area contributed by atoms with E-state index in [4.69, 9.17) is 4.74 Å². The van der Waals surface area contributed by atoms with Crippen LogP contribution in [0.2, 0.25) is 0 Å². The second-order valence-corrected chi connectivity index (χ2v) is 6.72. The van der Waals surface area contributed by atoms with Gasteiger partial charge in [0.15, 0.2) is 0 Å². The van der Waals surface area contributed by atoms with Crippen molar-refractivity contribution in [1.82, 2.24) is 10.3 Å². The van der Waals surface area contributed by atoms with Crippen LogP contribution in [0.25, 0.3) is 6.08 Å². The number of urea groups is 1. The van der Waals surface area contributed by atoms with Crippen molar-refractivity contribution < 1.29 is 28.4 Å². The Kier molecular flexibility index (Phi) is 5.60. The third-order valence-electron chi connectivity index (χ3n) is 4.51. The highest BCUT2D eigenvalue weighted by Gasteiger charge is 2.36. The van der Waals surface area contributed by atoms with Gasteiger partial charge in [-0.1, -0.05) is 18.2 Å². The van der Waals surface area contributed by atoms with E-state index in [9.17, 15) is 28.9 Å². The molecule has 10 nitrogen and oxygen atoms in total. The van der Waals surface area contributed by atoms with Gasteiger partial charge < -0.3 is 4.74 Å². The lowest BCUT2D eigenvalue weighted by molar-refractivity contribution is -0.385. The van der Waals surface area contributed by atoms with Crippen LogP contribution in [-0.2, 0) is 9.59 Å². The van der Waals surface area contributed by atoms with E-state index in [-0.39, 0.29) is 22.8 Å². The Morgan fingerprint density at radius 1 is 1.06 bits per heavy atom. The zero-order chi connectivity index (χ0) is 23.5. The van der Waals surface area contributed by atoms with Crippen LogP contribution < -0.4 is 15.0 Å². The Hall–Kier alpha value is -4.93. The highest BCUT2D eigenvalue weighted by molar-refractivity contribution is 6.39. The Morgan fingerprint density at radius 3 is 2.45 bits per heavy atom. The molecule has 2 aromatic carbocycles. The Morgan fingerprint density at radius 2 is 1.82 bits per heavy atom. The molecular formula is C22H13FN4O6. The minimum atomic E-state index is -0.980. The molecule has 4 amide bonds. The monoisotopic (exact) mass is 448 g/mol. The molecule has 1 N–H and O–H groups in total. The molecule has 0 aliphatic carbocycles. The number of nitrogens with one attached hydrogen (secondary N) is 1. The quantitative estimate of drug-likeness (QED) is 0.273. The van der Waals surface area contributed by atoms with E-state index in [0.717, 1.165) is 18.3 Å². The summed E-state index contributed by atoms with van der Waals surface area (Å²) in [6.07, 6.45) is 2.34. The van der Waals surface area contributed by atoms with Gasteiger partial charge in [0.2, 0.25) is 5.88 Å². The largest absolute Gasteiger partial charge is 0.439 e. The number of anilines is 1. The van der Waals surface area contributed by atoms with Gasteiger partial charge in [0.05, 0.1) is 10.6 Å². The van der Waals surface area contributed by atoms with E-state index in [1.54, 1.807) is 12.1 Å². The second-order valence-electron chi connectivity index (χ2n) is 6.72. The number of hydrogen-bond acceptors (Lipinski definition) is 7. The van der Waals surface area contributed by atoms with Crippen LogP contribution in [-0.4, -0.2) is 27.8 Å². The number of barbiturate groups is 1. The third-order valence-corrected chi connectivity index (χ3v) is 4.51. The molecule has 4 rings (SSSR count). The lowest BCUT2D eigenvalue weighted by Crippen LogP contribution is -2.54. The van der Waals surface area contributed by atoms with Crippen molar-refractivity contribution in [2.75, 3.05) is 4.90 Å². The summed E-state index contributed by atoms with van der Waals surface area (Å²) in [5.41, 5.74) is -0.0589. The van der Waals surface area contributed by atoms with Gasteiger partial charge in [0.25, 0.3) is 17.5 Å². The second kappa shape index (κ2) is 8.67. The van der Waals surface area contributed by atoms with Crippen LogP contribution in [0.4, 0.5) is 20.6 Å². The minimum Gasteiger partial charge on any atom is -0.439 e. The highest BCUT2D eigenvalue weighted by atomic mass is 19.1. The number of halogens is 1. The first kappa shape index (κ1) is 21.3. The van der Waals surface area contributed by atoms with E-state index < -0.39 is 28.6 Å². The fourth-order valence-electron chi connectivity index (χ4n) is 2.97. The number of aromatic nitrogens is 1. The Bertz CT molecular complexity index is 1310. The van der Waals surface area contributed by atoms with E-state index in [1.165, 1.54) is 42.5 Å². The maximum absolute atomic E-state index is 13.5. The first-order valence-corrected chi connectivity index (χ1v) is 9.37. The highest BCUT2D eigenvalue weighted by Crippen LogP contribution is 2.25. The van der Waals surface area contributed by atoms with Crippen molar-refractivity contribution in [3.8, 4) is 11.6 Å². The molecule has 0 atom stereocenters. The third kappa shape index (κ3) is 4.56. The molecule has 1 aliphatic heterocycles. The van der Waals surface area contributed by atoms with Crippen LogP contribution in [0.1, 0.15) is 5.56 Å². The summed E-state index contributed by atoms with van der Waals surface area (Å²) < 4.78 is 19.1. The van der Waals surface area contributed by atoms with Crippen molar-refractivity contribution in [2.45, 2.75) is 0 Å². The van der Waals surface area contributed by atoms with E-state index >= 15 is 0 Å². The van der Waals surface area contributed by atoms with Crippen LogP contribution in [0.5, 0.6) is 11.6 Å². The van der Waals surface area contributed by atoms with Gasteiger partial charge >= 0.3 is 6.03 Å². The zero-order valence-corrected chi connectivity index (χ0v) is 16.6. The summed E-state index contributed by atoms with van der Waals surface area (Å²) in [6, 6.07) is 12.7. The fraction of sp³-hybridized carbons (Fsp3) is 0. The average molecular weight is 448 g/mol. The first-order valence-electron chi connectivity index (χ1n) is 9.37. The van der Waals surface area contributed by atoms with Crippen molar-refractivity contribution in [3.05, 3.63) is 93.9 Å². The van der Waals surface area contributed by atoms with E-state index in [0.29, 0.717) is 16.2 Å².